The molecule has 3 rings (SSSR count). The van der Waals surface area contributed by atoms with Crippen LogP contribution in [-0.4, -0.2) is 67.4 Å². The Bertz CT molecular complexity index is 762. The SMILES string of the molecule is COc1ccc(C(=O)NCCNc2nc(C)cc(N3CCOCC3)n2)cn1. The lowest BCUT2D eigenvalue weighted by Gasteiger charge is -2.28. The van der Waals surface area contributed by atoms with Crippen LogP contribution in [-0.2, 0) is 4.74 Å². The number of ether oxygens (including phenoxy) is 2. The second-order valence-corrected chi connectivity index (χ2v) is 6.06. The van der Waals surface area contributed by atoms with Crippen LogP contribution in [0.3, 0.4) is 0 Å². The predicted molar refractivity (Wildman–Crippen MR) is 101 cm³/mol. The van der Waals surface area contributed by atoms with Crippen molar-refractivity contribution < 1.29 is 14.3 Å². The third-order valence-electron chi connectivity index (χ3n) is 4.08. The van der Waals surface area contributed by atoms with Gasteiger partial charge in [-0.2, -0.15) is 4.98 Å². The van der Waals surface area contributed by atoms with Crippen LogP contribution in [0.25, 0.3) is 0 Å². The Morgan fingerprint density at radius 1 is 1.26 bits per heavy atom. The first-order valence-electron chi connectivity index (χ1n) is 8.86. The highest BCUT2D eigenvalue weighted by atomic mass is 16.5. The van der Waals surface area contributed by atoms with Crippen LogP contribution in [0.2, 0.25) is 0 Å². The zero-order valence-electron chi connectivity index (χ0n) is 15.6. The average Bonchev–Trinajstić information content (AvgIpc) is 2.71. The number of carbonyl (C=O) groups is 1. The average molecular weight is 372 g/mol. The van der Waals surface area contributed by atoms with Gasteiger partial charge in [0.2, 0.25) is 11.8 Å². The second kappa shape index (κ2) is 9.13. The summed E-state index contributed by atoms with van der Waals surface area (Å²) in [7, 11) is 1.53. The summed E-state index contributed by atoms with van der Waals surface area (Å²) in [5.41, 5.74) is 1.37. The molecule has 144 valence electrons. The number of morpholine rings is 1. The van der Waals surface area contributed by atoms with Gasteiger partial charge in [-0.1, -0.05) is 0 Å². The van der Waals surface area contributed by atoms with Gasteiger partial charge in [-0.25, -0.2) is 9.97 Å². The summed E-state index contributed by atoms with van der Waals surface area (Å²) in [6.45, 7) is 5.95. The Labute approximate surface area is 158 Å². The van der Waals surface area contributed by atoms with Gasteiger partial charge in [-0.05, 0) is 13.0 Å². The first-order valence-corrected chi connectivity index (χ1v) is 8.86. The number of pyridine rings is 1. The lowest BCUT2D eigenvalue weighted by molar-refractivity contribution is 0.0954. The Morgan fingerprint density at radius 3 is 2.78 bits per heavy atom. The van der Waals surface area contributed by atoms with E-state index in [-0.39, 0.29) is 5.91 Å². The van der Waals surface area contributed by atoms with Crippen LogP contribution < -0.4 is 20.3 Å². The molecule has 0 saturated carbocycles. The van der Waals surface area contributed by atoms with Gasteiger partial charge in [-0.3, -0.25) is 4.79 Å². The molecule has 0 aromatic carbocycles. The highest BCUT2D eigenvalue weighted by Gasteiger charge is 2.14. The summed E-state index contributed by atoms with van der Waals surface area (Å²) in [6, 6.07) is 5.29. The largest absolute Gasteiger partial charge is 0.481 e. The van der Waals surface area contributed by atoms with Gasteiger partial charge in [-0.15, -0.1) is 0 Å². The van der Waals surface area contributed by atoms with E-state index in [0.717, 1.165) is 24.6 Å². The van der Waals surface area contributed by atoms with Crippen LogP contribution in [0.15, 0.2) is 24.4 Å². The molecule has 0 bridgehead atoms. The molecule has 27 heavy (non-hydrogen) atoms. The van der Waals surface area contributed by atoms with Crippen LogP contribution in [0.1, 0.15) is 16.1 Å². The Hall–Kier alpha value is -2.94. The van der Waals surface area contributed by atoms with Crippen LogP contribution in [0.5, 0.6) is 5.88 Å². The van der Waals surface area contributed by atoms with Gasteiger partial charge < -0.3 is 25.0 Å². The van der Waals surface area contributed by atoms with E-state index in [1.54, 1.807) is 12.1 Å². The van der Waals surface area contributed by atoms with Crippen molar-refractivity contribution in [1.82, 2.24) is 20.3 Å². The number of hydrogen-bond acceptors (Lipinski definition) is 8. The number of anilines is 2. The maximum atomic E-state index is 12.1. The van der Waals surface area contributed by atoms with E-state index in [9.17, 15) is 4.79 Å². The fourth-order valence-corrected chi connectivity index (χ4v) is 2.67. The molecule has 0 atom stereocenters. The summed E-state index contributed by atoms with van der Waals surface area (Å²) in [4.78, 5) is 27.3. The molecular weight excluding hydrogens is 348 g/mol. The molecular formula is C18H24N6O3. The van der Waals surface area contributed by atoms with Gasteiger partial charge >= 0.3 is 0 Å². The zero-order chi connectivity index (χ0) is 19.1. The maximum absolute atomic E-state index is 12.1. The monoisotopic (exact) mass is 372 g/mol. The molecule has 9 nitrogen and oxygen atoms in total. The first kappa shape index (κ1) is 18.8. The zero-order valence-corrected chi connectivity index (χ0v) is 15.6. The van der Waals surface area contributed by atoms with Gasteiger partial charge in [0.15, 0.2) is 0 Å². The van der Waals surface area contributed by atoms with Crippen LogP contribution >= 0.6 is 0 Å². The minimum atomic E-state index is -0.189. The number of nitrogens with zero attached hydrogens (tertiary/aromatic N) is 4. The summed E-state index contributed by atoms with van der Waals surface area (Å²) >= 11 is 0. The van der Waals surface area contributed by atoms with Crippen molar-refractivity contribution in [1.29, 1.82) is 0 Å². The van der Waals surface area contributed by atoms with Crippen molar-refractivity contribution in [2.45, 2.75) is 6.92 Å². The molecule has 0 aliphatic carbocycles. The van der Waals surface area contributed by atoms with Crippen molar-refractivity contribution in [3.8, 4) is 5.88 Å². The number of nitrogens with one attached hydrogen (secondary N) is 2. The molecule has 2 aromatic rings. The smallest absolute Gasteiger partial charge is 0.252 e. The number of methoxy groups -OCH3 is 1. The molecule has 2 N–H and O–H groups in total. The fourth-order valence-electron chi connectivity index (χ4n) is 2.67. The lowest BCUT2D eigenvalue weighted by atomic mass is 10.2. The van der Waals surface area contributed by atoms with Gasteiger partial charge in [0.25, 0.3) is 5.91 Å². The quantitative estimate of drug-likeness (QED) is 0.691. The molecule has 0 radical (unpaired) electrons. The Balaban J connectivity index is 1.49. The molecule has 9 heteroatoms. The number of aromatic nitrogens is 3. The highest BCUT2D eigenvalue weighted by molar-refractivity contribution is 5.93. The first-order chi connectivity index (χ1) is 13.2. The number of amides is 1. The number of hydrogen-bond donors (Lipinski definition) is 2. The molecule has 1 aliphatic rings. The Kier molecular flexibility index (Phi) is 6.37. The van der Waals surface area contributed by atoms with E-state index in [2.05, 4.69) is 30.5 Å². The maximum Gasteiger partial charge on any atom is 0.252 e. The molecule has 1 saturated heterocycles. The van der Waals surface area contributed by atoms with Crippen LogP contribution in [0, 0.1) is 6.92 Å². The van der Waals surface area contributed by atoms with Gasteiger partial charge in [0, 0.05) is 50.2 Å². The summed E-state index contributed by atoms with van der Waals surface area (Å²) in [6.07, 6.45) is 1.49. The molecule has 2 aromatic heterocycles. The normalized spacial score (nSPS) is 13.9. The third-order valence-corrected chi connectivity index (χ3v) is 4.08. The van der Waals surface area contributed by atoms with Crippen molar-refractivity contribution in [3.05, 3.63) is 35.7 Å². The summed E-state index contributed by atoms with van der Waals surface area (Å²) < 4.78 is 10.4. The summed E-state index contributed by atoms with van der Waals surface area (Å²) in [5.74, 6) is 1.73. The van der Waals surface area contributed by atoms with E-state index in [0.29, 0.717) is 43.7 Å². The molecule has 1 aliphatic heterocycles. The topological polar surface area (TPSA) is 102 Å². The second-order valence-electron chi connectivity index (χ2n) is 6.06. The van der Waals surface area contributed by atoms with Crippen molar-refractivity contribution in [3.63, 3.8) is 0 Å². The predicted octanol–water partition coefficient (Wildman–Crippen LogP) is 0.867. The minimum Gasteiger partial charge on any atom is -0.481 e. The molecule has 3 heterocycles. The third kappa shape index (κ3) is 5.27. The molecule has 0 spiro atoms. The minimum absolute atomic E-state index is 0.189. The summed E-state index contributed by atoms with van der Waals surface area (Å²) in [5, 5.41) is 5.99. The van der Waals surface area contributed by atoms with Gasteiger partial charge in [0.1, 0.15) is 5.82 Å². The van der Waals surface area contributed by atoms with E-state index < -0.39 is 0 Å². The van der Waals surface area contributed by atoms with Crippen LogP contribution in [0.4, 0.5) is 11.8 Å². The molecule has 0 unspecified atom stereocenters. The van der Waals surface area contributed by atoms with Crippen molar-refractivity contribution >= 4 is 17.7 Å². The molecule has 1 amide bonds. The number of aryl methyl sites for hydroxylation is 1. The standard InChI is InChI=1S/C18H24N6O3/c1-13-11-15(24-7-9-27-10-8-24)23-18(22-13)20-6-5-19-17(25)14-3-4-16(26-2)21-12-14/h3-4,11-12H,5-10H2,1-2H3,(H,19,25)(H,20,22,23). The Morgan fingerprint density at radius 2 is 2.07 bits per heavy atom. The van der Waals surface area contributed by atoms with Crippen molar-refractivity contribution in [2.24, 2.45) is 0 Å². The number of carbonyl (C=O) groups excluding carboxylic acids is 1. The lowest BCUT2D eigenvalue weighted by Crippen LogP contribution is -2.37. The van der Waals surface area contributed by atoms with Gasteiger partial charge in [0.05, 0.1) is 25.9 Å². The number of rotatable bonds is 7. The highest BCUT2D eigenvalue weighted by Crippen LogP contribution is 2.16. The molecule has 1 fully saturated rings. The van der Waals surface area contributed by atoms with E-state index >= 15 is 0 Å². The van der Waals surface area contributed by atoms with E-state index in [4.69, 9.17) is 9.47 Å². The van der Waals surface area contributed by atoms with E-state index in [1.165, 1.54) is 13.3 Å². The fraction of sp³-hybridized carbons (Fsp3) is 0.444. The van der Waals surface area contributed by atoms with E-state index in [1.807, 2.05) is 13.0 Å². The van der Waals surface area contributed by atoms with Crippen molar-refractivity contribution in [2.75, 3.05) is 56.7 Å².